The molecule has 0 unspecified atom stereocenters. The Hall–Kier alpha value is -6.10. The van der Waals surface area contributed by atoms with Gasteiger partial charge >= 0.3 is 0 Å². The maximum atomic E-state index is 9.65. The zero-order chi connectivity index (χ0) is 28.2. The third-order valence-corrected chi connectivity index (χ3v) is 8.16. The lowest BCUT2D eigenvalue weighted by atomic mass is 10.0. The molecule has 0 saturated heterocycles. The first-order valence-corrected chi connectivity index (χ1v) is 13.8. The predicted octanol–water partition coefficient (Wildman–Crippen LogP) is 9.29. The Bertz CT molecular complexity index is 2440. The molecular weight excluding hydrogens is 512 g/mol. The second kappa shape index (κ2) is 9.24. The molecule has 4 nitrogen and oxygen atoms in total. The summed E-state index contributed by atoms with van der Waals surface area (Å²) in [6.07, 6.45) is 0. The number of hydrogen-bond donors (Lipinski definition) is 0. The number of para-hydroxylation sites is 4. The van der Waals surface area contributed by atoms with E-state index in [1.807, 2.05) is 42.5 Å². The van der Waals surface area contributed by atoms with Crippen molar-refractivity contribution in [2.24, 2.45) is 0 Å². The van der Waals surface area contributed by atoms with E-state index >= 15 is 0 Å². The van der Waals surface area contributed by atoms with Gasteiger partial charge in [-0.15, -0.1) is 0 Å². The van der Waals surface area contributed by atoms with Crippen LogP contribution in [0.5, 0.6) is 0 Å². The van der Waals surface area contributed by atoms with E-state index in [4.69, 9.17) is 0 Å². The van der Waals surface area contributed by atoms with Gasteiger partial charge in [0.2, 0.25) is 0 Å². The summed E-state index contributed by atoms with van der Waals surface area (Å²) in [6.45, 7) is 0. The molecule has 0 bridgehead atoms. The van der Waals surface area contributed by atoms with Crippen molar-refractivity contribution in [3.8, 4) is 34.6 Å². The summed E-state index contributed by atoms with van der Waals surface area (Å²) in [5.74, 6) is 0. The molecule has 0 aliphatic carbocycles. The van der Waals surface area contributed by atoms with Gasteiger partial charge in [0.15, 0.2) is 0 Å². The van der Waals surface area contributed by atoms with E-state index in [1.165, 1.54) is 5.39 Å². The Labute approximate surface area is 242 Å². The molecule has 6 aromatic carbocycles. The zero-order valence-electron chi connectivity index (χ0n) is 22.5. The van der Waals surface area contributed by atoms with Crippen molar-refractivity contribution >= 4 is 43.6 Å². The molecule has 0 aliphatic heterocycles. The molecule has 2 heterocycles. The Kier molecular flexibility index (Phi) is 5.22. The fourth-order valence-electron chi connectivity index (χ4n) is 6.40. The summed E-state index contributed by atoms with van der Waals surface area (Å²) < 4.78 is 4.68. The van der Waals surface area contributed by atoms with Crippen LogP contribution in [0.15, 0.2) is 133 Å². The van der Waals surface area contributed by atoms with Crippen molar-refractivity contribution in [2.45, 2.75) is 0 Å². The maximum absolute atomic E-state index is 9.65. The lowest BCUT2D eigenvalue weighted by Gasteiger charge is -2.17. The normalized spacial score (nSPS) is 11.3. The molecule has 0 aliphatic rings. The molecule has 0 spiro atoms. The monoisotopic (exact) mass is 534 g/mol. The maximum Gasteiger partial charge on any atom is 0.0991 e. The van der Waals surface area contributed by atoms with E-state index < -0.39 is 0 Å². The molecule has 0 atom stereocenters. The van der Waals surface area contributed by atoms with Crippen molar-refractivity contribution in [3.63, 3.8) is 0 Å². The van der Waals surface area contributed by atoms with Gasteiger partial charge in [-0.25, -0.2) is 0 Å². The minimum Gasteiger partial charge on any atom is -0.307 e. The summed E-state index contributed by atoms with van der Waals surface area (Å²) in [6, 6.07) is 50.1. The van der Waals surface area contributed by atoms with Crippen LogP contribution in [-0.4, -0.2) is 9.13 Å². The highest BCUT2D eigenvalue weighted by Crippen LogP contribution is 2.41. The van der Waals surface area contributed by atoms with Crippen LogP contribution < -0.4 is 0 Å². The molecule has 8 aromatic rings. The van der Waals surface area contributed by atoms with Crippen molar-refractivity contribution in [1.82, 2.24) is 9.13 Å². The average molecular weight is 535 g/mol. The molecule has 0 amide bonds. The van der Waals surface area contributed by atoms with Gasteiger partial charge in [-0.3, -0.25) is 0 Å². The van der Waals surface area contributed by atoms with Crippen molar-refractivity contribution in [2.75, 3.05) is 0 Å². The Morgan fingerprint density at radius 3 is 1.83 bits per heavy atom. The van der Waals surface area contributed by atoms with E-state index in [0.29, 0.717) is 11.1 Å². The first-order chi connectivity index (χ1) is 20.8. The summed E-state index contributed by atoms with van der Waals surface area (Å²) >= 11 is 0. The van der Waals surface area contributed by atoms with Crippen LogP contribution in [-0.2, 0) is 0 Å². The van der Waals surface area contributed by atoms with Crippen LogP contribution in [0, 0.1) is 22.7 Å². The van der Waals surface area contributed by atoms with E-state index in [9.17, 15) is 10.5 Å². The quantitative estimate of drug-likeness (QED) is 0.227. The van der Waals surface area contributed by atoms with Crippen molar-refractivity contribution in [1.29, 1.82) is 10.5 Å². The third-order valence-electron chi connectivity index (χ3n) is 8.16. The number of hydrogen-bond acceptors (Lipinski definition) is 2. The van der Waals surface area contributed by atoms with E-state index in [-0.39, 0.29) is 0 Å². The minimum atomic E-state index is 0.632. The summed E-state index contributed by atoms with van der Waals surface area (Å²) in [7, 11) is 0. The van der Waals surface area contributed by atoms with Gasteiger partial charge in [0.25, 0.3) is 0 Å². The highest BCUT2D eigenvalue weighted by Gasteiger charge is 2.21. The number of nitrogens with zero attached hydrogens (tertiary/aromatic N) is 4. The molecule has 2 aromatic heterocycles. The average Bonchev–Trinajstić information content (AvgIpc) is 3.57. The van der Waals surface area contributed by atoms with Crippen LogP contribution >= 0.6 is 0 Å². The van der Waals surface area contributed by atoms with Crippen LogP contribution in [0.1, 0.15) is 11.1 Å². The summed E-state index contributed by atoms with van der Waals surface area (Å²) in [5.41, 5.74) is 9.75. The first-order valence-electron chi connectivity index (χ1n) is 13.8. The molecular formula is C38H22N4. The fraction of sp³-hybridized carbons (Fsp3) is 0. The van der Waals surface area contributed by atoms with Crippen LogP contribution in [0.4, 0.5) is 0 Å². The highest BCUT2D eigenvalue weighted by molar-refractivity contribution is 6.15. The van der Waals surface area contributed by atoms with Gasteiger partial charge in [0, 0.05) is 27.1 Å². The SMILES string of the molecule is N#Cc1cccc(-c2ccccc2-n2c3ccccc3c3cccc(-n4c5ccccc5c5cc(C#N)ccc54)c32)c1. The van der Waals surface area contributed by atoms with Crippen LogP contribution in [0.2, 0.25) is 0 Å². The Morgan fingerprint density at radius 1 is 0.429 bits per heavy atom. The predicted molar refractivity (Wildman–Crippen MR) is 170 cm³/mol. The largest absolute Gasteiger partial charge is 0.307 e. The number of benzene rings is 6. The molecule has 4 heteroatoms. The van der Waals surface area contributed by atoms with E-state index in [1.54, 1.807) is 0 Å². The van der Waals surface area contributed by atoms with Gasteiger partial charge in [-0.05, 0) is 60.2 Å². The number of rotatable bonds is 3. The molecule has 194 valence electrons. The van der Waals surface area contributed by atoms with Gasteiger partial charge in [0.1, 0.15) is 0 Å². The van der Waals surface area contributed by atoms with Gasteiger partial charge in [-0.1, -0.05) is 78.9 Å². The molecule has 42 heavy (non-hydrogen) atoms. The Balaban J connectivity index is 1.54. The molecule has 0 fully saturated rings. The molecule has 8 rings (SSSR count). The van der Waals surface area contributed by atoms with E-state index in [2.05, 4.69) is 112 Å². The van der Waals surface area contributed by atoms with Gasteiger partial charge in [0.05, 0.1) is 56.7 Å². The standard InChI is InChI=1S/C38H22N4/c39-23-25-9-7-10-27(21-25)28-11-1-4-15-33(28)42-35-17-6-2-12-29(35)31-14-8-18-37(38(31)42)41-34-16-5-3-13-30(34)32-22-26(24-40)19-20-36(32)41/h1-22H. The second-order valence-corrected chi connectivity index (χ2v) is 10.4. The summed E-state index contributed by atoms with van der Waals surface area (Å²) in [4.78, 5) is 0. The third kappa shape index (κ3) is 3.40. The van der Waals surface area contributed by atoms with Crippen LogP contribution in [0.3, 0.4) is 0 Å². The lowest BCUT2D eigenvalue weighted by molar-refractivity contribution is 1.13. The second-order valence-electron chi connectivity index (χ2n) is 10.4. The molecule has 0 saturated carbocycles. The fourth-order valence-corrected chi connectivity index (χ4v) is 6.40. The first kappa shape index (κ1) is 23.8. The van der Waals surface area contributed by atoms with E-state index in [0.717, 1.165) is 60.7 Å². The zero-order valence-corrected chi connectivity index (χ0v) is 22.5. The van der Waals surface area contributed by atoms with Crippen LogP contribution in [0.25, 0.3) is 66.1 Å². The van der Waals surface area contributed by atoms with Crippen molar-refractivity contribution in [3.05, 3.63) is 145 Å². The number of fused-ring (bicyclic) bond motifs is 6. The molecule has 0 radical (unpaired) electrons. The Morgan fingerprint density at radius 2 is 1.02 bits per heavy atom. The number of nitriles is 2. The summed E-state index contributed by atoms with van der Waals surface area (Å²) in [5, 5.41) is 23.8. The van der Waals surface area contributed by atoms with Gasteiger partial charge in [-0.2, -0.15) is 10.5 Å². The van der Waals surface area contributed by atoms with Gasteiger partial charge < -0.3 is 9.13 Å². The minimum absolute atomic E-state index is 0.632. The topological polar surface area (TPSA) is 57.4 Å². The smallest absolute Gasteiger partial charge is 0.0991 e. The molecule has 0 N–H and O–H groups in total. The highest BCUT2D eigenvalue weighted by atomic mass is 15.1. The number of aromatic nitrogens is 2. The lowest BCUT2D eigenvalue weighted by Crippen LogP contribution is -2.02. The van der Waals surface area contributed by atoms with Crippen molar-refractivity contribution < 1.29 is 0 Å².